The van der Waals surface area contributed by atoms with Gasteiger partial charge in [0, 0.05) is 6.20 Å². The van der Waals surface area contributed by atoms with Crippen molar-refractivity contribution in [3.05, 3.63) is 59.9 Å². The largest absolute Gasteiger partial charge is 0.487 e. The second-order valence-electron chi connectivity index (χ2n) is 4.34. The summed E-state index contributed by atoms with van der Waals surface area (Å²) in [6, 6.07) is 12.2. The van der Waals surface area contributed by atoms with E-state index >= 15 is 0 Å². The highest BCUT2D eigenvalue weighted by Crippen LogP contribution is 2.25. The van der Waals surface area contributed by atoms with E-state index in [1.54, 1.807) is 6.20 Å². The van der Waals surface area contributed by atoms with Crippen LogP contribution in [0.4, 0.5) is 0 Å². The molecule has 0 N–H and O–H groups in total. The molecule has 1 aromatic carbocycles. The number of benzene rings is 1. The Bertz CT molecular complexity index is 465. The zero-order chi connectivity index (χ0) is 12.1. The summed E-state index contributed by atoms with van der Waals surface area (Å²) in [5, 5.41) is 0. The molecule has 88 valence electrons. The molecular weight excluding hydrogens is 210 g/mol. The molecule has 2 nitrogen and oxygen atoms in total. The van der Waals surface area contributed by atoms with Crippen LogP contribution in [-0.4, -0.2) is 4.98 Å². The van der Waals surface area contributed by atoms with Gasteiger partial charge in [0.25, 0.3) is 0 Å². The Morgan fingerprint density at radius 3 is 2.59 bits per heavy atom. The fraction of sp³-hybridized carbons (Fsp3) is 0.267. The Kier molecular flexibility index (Phi) is 3.76. The van der Waals surface area contributed by atoms with Crippen LogP contribution in [0.25, 0.3) is 0 Å². The quantitative estimate of drug-likeness (QED) is 0.793. The molecule has 0 aliphatic rings. The maximum absolute atomic E-state index is 5.82. The van der Waals surface area contributed by atoms with E-state index in [1.807, 2.05) is 30.5 Å². The summed E-state index contributed by atoms with van der Waals surface area (Å²) in [5.41, 5.74) is 2.38. The summed E-state index contributed by atoms with van der Waals surface area (Å²) in [7, 11) is 0. The highest BCUT2D eigenvalue weighted by Gasteiger charge is 2.07. The number of ether oxygens (including phenoxy) is 1. The number of hydrogen-bond donors (Lipinski definition) is 0. The van der Waals surface area contributed by atoms with Crippen molar-refractivity contribution in [3.63, 3.8) is 0 Å². The van der Waals surface area contributed by atoms with Gasteiger partial charge < -0.3 is 4.74 Å². The standard InChI is InChI=1S/C15H17NO/c1-12(2)14-8-9-16-10-15(14)17-11-13-6-4-3-5-7-13/h3-10,12H,11H2,1-2H3. The third-order valence-corrected chi connectivity index (χ3v) is 2.68. The molecule has 0 atom stereocenters. The summed E-state index contributed by atoms with van der Waals surface area (Å²) in [4.78, 5) is 4.12. The zero-order valence-corrected chi connectivity index (χ0v) is 10.3. The predicted molar refractivity (Wildman–Crippen MR) is 69.1 cm³/mol. The van der Waals surface area contributed by atoms with Gasteiger partial charge in [-0.1, -0.05) is 44.2 Å². The molecule has 0 aliphatic carbocycles. The lowest BCUT2D eigenvalue weighted by atomic mass is 10.0. The lowest BCUT2D eigenvalue weighted by molar-refractivity contribution is 0.300. The van der Waals surface area contributed by atoms with Gasteiger partial charge in [0.1, 0.15) is 12.4 Å². The molecule has 17 heavy (non-hydrogen) atoms. The number of nitrogens with zero attached hydrogens (tertiary/aromatic N) is 1. The lowest BCUT2D eigenvalue weighted by Gasteiger charge is -2.13. The maximum Gasteiger partial charge on any atom is 0.141 e. The van der Waals surface area contributed by atoms with Crippen molar-refractivity contribution in [3.8, 4) is 5.75 Å². The van der Waals surface area contributed by atoms with Gasteiger partial charge in [-0.05, 0) is 23.1 Å². The first-order valence-corrected chi connectivity index (χ1v) is 5.88. The molecule has 0 amide bonds. The van der Waals surface area contributed by atoms with Crippen LogP contribution in [0.5, 0.6) is 5.75 Å². The second kappa shape index (κ2) is 5.48. The molecule has 0 saturated carbocycles. The van der Waals surface area contributed by atoms with Crippen molar-refractivity contribution < 1.29 is 4.74 Å². The average molecular weight is 227 g/mol. The van der Waals surface area contributed by atoms with Crippen LogP contribution in [-0.2, 0) is 6.61 Å². The normalized spacial score (nSPS) is 10.5. The van der Waals surface area contributed by atoms with Crippen molar-refractivity contribution in [1.82, 2.24) is 4.98 Å². The smallest absolute Gasteiger partial charge is 0.141 e. The van der Waals surface area contributed by atoms with Crippen molar-refractivity contribution in [2.24, 2.45) is 0 Å². The third-order valence-electron chi connectivity index (χ3n) is 2.68. The molecular formula is C15H17NO. The second-order valence-corrected chi connectivity index (χ2v) is 4.34. The Morgan fingerprint density at radius 1 is 1.12 bits per heavy atom. The van der Waals surface area contributed by atoms with Gasteiger partial charge in [-0.25, -0.2) is 0 Å². The maximum atomic E-state index is 5.82. The molecule has 0 fully saturated rings. The van der Waals surface area contributed by atoms with Gasteiger partial charge >= 0.3 is 0 Å². The molecule has 0 spiro atoms. The molecule has 2 aromatic rings. The summed E-state index contributed by atoms with van der Waals surface area (Å²) in [5.74, 6) is 1.33. The minimum Gasteiger partial charge on any atom is -0.487 e. The van der Waals surface area contributed by atoms with Gasteiger partial charge in [0.2, 0.25) is 0 Å². The van der Waals surface area contributed by atoms with Gasteiger partial charge in [-0.3, -0.25) is 4.98 Å². The minimum absolute atomic E-state index is 0.448. The molecule has 1 heterocycles. The topological polar surface area (TPSA) is 22.1 Å². The number of aromatic nitrogens is 1. The molecule has 1 aromatic heterocycles. The van der Waals surface area contributed by atoms with Crippen LogP contribution in [0.3, 0.4) is 0 Å². The number of pyridine rings is 1. The Labute approximate surface area is 102 Å². The highest BCUT2D eigenvalue weighted by atomic mass is 16.5. The predicted octanol–water partition coefficient (Wildman–Crippen LogP) is 3.78. The van der Waals surface area contributed by atoms with E-state index in [9.17, 15) is 0 Å². The molecule has 2 rings (SSSR count). The monoisotopic (exact) mass is 227 g/mol. The SMILES string of the molecule is CC(C)c1ccncc1OCc1ccccc1. The molecule has 0 bridgehead atoms. The number of hydrogen-bond acceptors (Lipinski definition) is 2. The minimum atomic E-state index is 0.448. The Hall–Kier alpha value is -1.83. The van der Waals surface area contributed by atoms with E-state index in [1.165, 1.54) is 11.1 Å². The van der Waals surface area contributed by atoms with Gasteiger partial charge in [0.05, 0.1) is 6.20 Å². The van der Waals surface area contributed by atoms with E-state index in [-0.39, 0.29) is 0 Å². The number of rotatable bonds is 4. The van der Waals surface area contributed by atoms with Gasteiger partial charge in [0.15, 0.2) is 0 Å². The van der Waals surface area contributed by atoms with E-state index in [4.69, 9.17) is 4.74 Å². The van der Waals surface area contributed by atoms with Crippen LogP contribution in [0.2, 0.25) is 0 Å². The Balaban J connectivity index is 2.09. The average Bonchev–Trinajstić information content (AvgIpc) is 2.38. The zero-order valence-electron chi connectivity index (χ0n) is 10.3. The van der Waals surface area contributed by atoms with Crippen LogP contribution in [0, 0.1) is 0 Å². The van der Waals surface area contributed by atoms with Crippen molar-refractivity contribution in [1.29, 1.82) is 0 Å². The fourth-order valence-electron chi connectivity index (χ4n) is 1.72. The van der Waals surface area contributed by atoms with E-state index in [0.29, 0.717) is 12.5 Å². The molecule has 0 saturated heterocycles. The van der Waals surface area contributed by atoms with Gasteiger partial charge in [-0.15, -0.1) is 0 Å². The Morgan fingerprint density at radius 2 is 1.88 bits per heavy atom. The van der Waals surface area contributed by atoms with Crippen molar-refractivity contribution in [2.45, 2.75) is 26.4 Å². The van der Waals surface area contributed by atoms with Crippen LogP contribution < -0.4 is 4.74 Å². The van der Waals surface area contributed by atoms with E-state index in [0.717, 1.165) is 5.75 Å². The first-order valence-electron chi connectivity index (χ1n) is 5.88. The van der Waals surface area contributed by atoms with Crippen molar-refractivity contribution in [2.75, 3.05) is 0 Å². The summed E-state index contributed by atoms with van der Waals surface area (Å²) in [6.07, 6.45) is 3.60. The highest BCUT2D eigenvalue weighted by molar-refractivity contribution is 5.32. The molecule has 0 radical (unpaired) electrons. The first kappa shape index (κ1) is 11.6. The molecule has 2 heteroatoms. The lowest BCUT2D eigenvalue weighted by Crippen LogP contribution is -2.00. The summed E-state index contributed by atoms with van der Waals surface area (Å²) in [6.45, 7) is 4.90. The van der Waals surface area contributed by atoms with Crippen LogP contribution >= 0.6 is 0 Å². The van der Waals surface area contributed by atoms with Crippen molar-refractivity contribution >= 4 is 0 Å². The van der Waals surface area contributed by atoms with Crippen LogP contribution in [0.1, 0.15) is 30.9 Å². The summed E-state index contributed by atoms with van der Waals surface area (Å²) < 4.78 is 5.82. The van der Waals surface area contributed by atoms with E-state index < -0.39 is 0 Å². The van der Waals surface area contributed by atoms with Crippen LogP contribution in [0.15, 0.2) is 48.8 Å². The molecule has 0 aliphatic heterocycles. The fourth-order valence-corrected chi connectivity index (χ4v) is 1.72. The molecule has 0 unspecified atom stereocenters. The third kappa shape index (κ3) is 3.06. The van der Waals surface area contributed by atoms with E-state index in [2.05, 4.69) is 31.0 Å². The summed E-state index contributed by atoms with van der Waals surface area (Å²) >= 11 is 0. The van der Waals surface area contributed by atoms with Gasteiger partial charge in [-0.2, -0.15) is 0 Å². The first-order chi connectivity index (χ1) is 8.27.